The topological polar surface area (TPSA) is 52.0 Å². The molecule has 4 nitrogen and oxygen atoms in total. The molecular formula is C30H29ClFN3O. The SMILES string of the molecule is CCN(CCCC1(c2ccc(F)cc2)OCc2cc(C#N)ccc21)CCc1c[nH]c2ccc(Cl)cc12. The molecule has 1 aliphatic rings. The number of fused-ring (bicyclic) bond motifs is 2. The Balaban J connectivity index is 1.30. The Bertz CT molecular complexity index is 1410. The maximum absolute atomic E-state index is 13.7. The number of hydrogen-bond donors (Lipinski definition) is 1. The van der Waals surface area contributed by atoms with Crippen LogP contribution in [-0.4, -0.2) is 29.5 Å². The zero-order chi connectivity index (χ0) is 25.1. The van der Waals surface area contributed by atoms with Crippen molar-refractivity contribution in [3.8, 4) is 6.07 Å². The average molecular weight is 502 g/mol. The first-order valence-electron chi connectivity index (χ1n) is 12.4. The van der Waals surface area contributed by atoms with Crippen molar-refractivity contribution in [3.63, 3.8) is 0 Å². The monoisotopic (exact) mass is 501 g/mol. The summed E-state index contributed by atoms with van der Waals surface area (Å²) in [5.74, 6) is -0.261. The third-order valence-corrected chi connectivity index (χ3v) is 7.57. The van der Waals surface area contributed by atoms with E-state index in [1.165, 1.54) is 23.1 Å². The second-order valence-electron chi connectivity index (χ2n) is 9.40. The molecule has 0 saturated carbocycles. The van der Waals surface area contributed by atoms with Gasteiger partial charge >= 0.3 is 0 Å². The number of hydrogen-bond acceptors (Lipinski definition) is 3. The van der Waals surface area contributed by atoms with Gasteiger partial charge in [-0.15, -0.1) is 0 Å². The number of halogens is 2. The second-order valence-corrected chi connectivity index (χ2v) is 9.83. The summed E-state index contributed by atoms with van der Waals surface area (Å²) in [7, 11) is 0. The summed E-state index contributed by atoms with van der Waals surface area (Å²) in [5.41, 5.74) is 5.43. The Labute approximate surface area is 216 Å². The predicted molar refractivity (Wildman–Crippen MR) is 141 cm³/mol. The fourth-order valence-electron chi connectivity index (χ4n) is 5.38. The van der Waals surface area contributed by atoms with Gasteiger partial charge in [0.05, 0.1) is 18.2 Å². The van der Waals surface area contributed by atoms with Crippen molar-refractivity contribution in [1.29, 1.82) is 5.26 Å². The Morgan fingerprint density at radius 2 is 1.94 bits per heavy atom. The van der Waals surface area contributed by atoms with Gasteiger partial charge in [0.2, 0.25) is 0 Å². The van der Waals surface area contributed by atoms with Gasteiger partial charge in [-0.3, -0.25) is 0 Å². The van der Waals surface area contributed by atoms with E-state index in [2.05, 4.69) is 29.1 Å². The van der Waals surface area contributed by atoms with Gasteiger partial charge in [0.25, 0.3) is 0 Å². The zero-order valence-electron chi connectivity index (χ0n) is 20.4. The summed E-state index contributed by atoms with van der Waals surface area (Å²) in [6.07, 6.45) is 4.71. The summed E-state index contributed by atoms with van der Waals surface area (Å²) in [6.45, 7) is 5.46. The highest BCUT2D eigenvalue weighted by Crippen LogP contribution is 2.45. The van der Waals surface area contributed by atoms with E-state index in [0.717, 1.165) is 66.1 Å². The first-order valence-corrected chi connectivity index (χ1v) is 12.8. The standard InChI is InChI=1S/C30H29ClFN3O/c1-2-35(15-12-22-19-34-29-11-7-25(31)17-27(22)29)14-3-13-30(24-5-8-26(32)9-6-24)28-10-4-21(18-33)16-23(28)20-36-30/h4-11,16-17,19,34H,2-3,12-15,20H2,1H3. The molecule has 1 unspecified atom stereocenters. The molecule has 0 radical (unpaired) electrons. The van der Waals surface area contributed by atoms with Gasteiger partial charge in [0.15, 0.2) is 0 Å². The normalized spacial score (nSPS) is 17.0. The maximum Gasteiger partial charge on any atom is 0.123 e. The summed E-state index contributed by atoms with van der Waals surface area (Å²) < 4.78 is 20.2. The van der Waals surface area contributed by atoms with Crippen LogP contribution in [0.5, 0.6) is 0 Å². The molecular weight excluding hydrogens is 473 g/mol. The number of benzene rings is 3. The van der Waals surface area contributed by atoms with E-state index in [1.807, 2.05) is 48.5 Å². The number of nitrogens with zero attached hydrogens (tertiary/aromatic N) is 2. The molecule has 2 heterocycles. The van der Waals surface area contributed by atoms with Crippen molar-refractivity contribution in [2.75, 3.05) is 19.6 Å². The highest BCUT2D eigenvalue weighted by atomic mass is 35.5. The van der Waals surface area contributed by atoms with E-state index < -0.39 is 5.60 Å². The third kappa shape index (κ3) is 4.77. The molecule has 5 rings (SSSR count). The smallest absolute Gasteiger partial charge is 0.123 e. The van der Waals surface area contributed by atoms with Gasteiger partial charge in [-0.05, 0) is 97.1 Å². The summed E-state index contributed by atoms with van der Waals surface area (Å²) in [6, 6.07) is 20.6. The molecule has 0 saturated heterocycles. The van der Waals surface area contributed by atoms with Crippen molar-refractivity contribution in [2.45, 2.75) is 38.4 Å². The van der Waals surface area contributed by atoms with Gasteiger partial charge in [-0.2, -0.15) is 5.26 Å². The maximum atomic E-state index is 13.7. The molecule has 0 amide bonds. The van der Waals surface area contributed by atoms with Gasteiger partial charge in [0, 0.05) is 28.7 Å². The number of ether oxygens (including phenoxy) is 1. The molecule has 1 aliphatic heterocycles. The lowest BCUT2D eigenvalue weighted by Crippen LogP contribution is -2.31. The number of aromatic amines is 1. The molecule has 36 heavy (non-hydrogen) atoms. The quantitative estimate of drug-likeness (QED) is 0.270. The number of nitriles is 1. The highest BCUT2D eigenvalue weighted by Gasteiger charge is 2.41. The molecule has 0 aliphatic carbocycles. The van der Waals surface area contributed by atoms with Crippen molar-refractivity contribution in [2.24, 2.45) is 0 Å². The number of aromatic nitrogens is 1. The number of likely N-dealkylation sites (N-methyl/N-ethyl adjacent to an activating group) is 1. The fraction of sp³-hybridized carbons (Fsp3) is 0.300. The van der Waals surface area contributed by atoms with E-state index in [1.54, 1.807) is 0 Å². The molecule has 0 fully saturated rings. The van der Waals surface area contributed by atoms with Crippen LogP contribution in [0.1, 0.15) is 47.6 Å². The largest absolute Gasteiger partial charge is 0.361 e. The number of rotatable bonds is 9. The van der Waals surface area contributed by atoms with E-state index in [9.17, 15) is 9.65 Å². The first-order chi connectivity index (χ1) is 17.5. The van der Waals surface area contributed by atoms with Crippen LogP contribution in [0.25, 0.3) is 10.9 Å². The van der Waals surface area contributed by atoms with E-state index >= 15 is 0 Å². The molecule has 1 aromatic heterocycles. The lowest BCUT2D eigenvalue weighted by atomic mass is 9.81. The van der Waals surface area contributed by atoms with Gasteiger partial charge in [-0.1, -0.05) is 36.7 Å². The summed E-state index contributed by atoms with van der Waals surface area (Å²) in [4.78, 5) is 5.80. The Morgan fingerprint density at radius 3 is 2.72 bits per heavy atom. The minimum atomic E-state index is -0.635. The second kappa shape index (κ2) is 10.4. The van der Waals surface area contributed by atoms with Crippen LogP contribution in [0.2, 0.25) is 5.02 Å². The van der Waals surface area contributed by atoms with Crippen LogP contribution in [0.3, 0.4) is 0 Å². The van der Waals surface area contributed by atoms with Crippen molar-refractivity contribution < 1.29 is 9.13 Å². The molecule has 184 valence electrons. The summed E-state index contributed by atoms with van der Waals surface area (Å²) >= 11 is 6.22. The number of nitrogens with one attached hydrogen (secondary N) is 1. The van der Waals surface area contributed by atoms with Gasteiger partial charge in [-0.25, -0.2) is 4.39 Å². The highest BCUT2D eigenvalue weighted by molar-refractivity contribution is 6.31. The van der Waals surface area contributed by atoms with E-state index in [-0.39, 0.29) is 5.82 Å². The Kier molecular flexibility index (Phi) is 7.11. The van der Waals surface area contributed by atoms with E-state index in [0.29, 0.717) is 12.2 Å². The number of H-pyrrole nitrogens is 1. The molecule has 0 spiro atoms. The third-order valence-electron chi connectivity index (χ3n) is 7.33. The van der Waals surface area contributed by atoms with Crippen molar-refractivity contribution in [3.05, 3.63) is 106 Å². The Morgan fingerprint density at radius 1 is 1.11 bits per heavy atom. The van der Waals surface area contributed by atoms with Crippen LogP contribution >= 0.6 is 11.6 Å². The van der Waals surface area contributed by atoms with Crippen LogP contribution in [0.4, 0.5) is 4.39 Å². The van der Waals surface area contributed by atoms with Crippen LogP contribution in [0, 0.1) is 17.1 Å². The average Bonchev–Trinajstić information content (AvgIpc) is 3.47. The fourth-order valence-corrected chi connectivity index (χ4v) is 5.55. The van der Waals surface area contributed by atoms with Crippen LogP contribution in [-0.2, 0) is 23.4 Å². The molecule has 0 bridgehead atoms. The van der Waals surface area contributed by atoms with Crippen LogP contribution < -0.4 is 0 Å². The van der Waals surface area contributed by atoms with Crippen molar-refractivity contribution in [1.82, 2.24) is 9.88 Å². The molecule has 1 N–H and O–H groups in total. The zero-order valence-corrected chi connectivity index (χ0v) is 21.1. The minimum absolute atomic E-state index is 0.261. The Hall–Kier alpha value is -3.17. The van der Waals surface area contributed by atoms with E-state index in [4.69, 9.17) is 16.3 Å². The lowest BCUT2D eigenvalue weighted by Gasteiger charge is -2.32. The first kappa shape index (κ1) is 24.5. The molecule has 3 aromatic carbocycles. The summed E-state index contributed by atoms with van der Waals surface area (Å²) in [5, 5.41) is 11.3. The van der Waals surface area contributed by atoms with Gasteiger partial charge in [0.1, 0.15) is 11.4 Å². The van der Waals surface area contributed by atoms with Crippen LogP contribution in [0.15, 0.2) is 66.9 Å². The molecule has 6 heteroatoms. The predicted octanol–water partition coefficient (Wildman–Crippen LogP) is 6.95. The van der Waals surface area contributed by atoms with Gasteiger partial charge < -0.3 is 14.6 Å². The molecule has 4 aromatic rings. The minimum Gasteiger partial charge on any atom is -0.361 e. The lowest BCUT2D eigenvalue weighted by molar-refractivity contribution is -0.0145. The molecule has 1 atom stereocenters. The van der Waals surface area contributed by atoms with Crippen molar-refractivity contribution >= 4 is 22.5 Å².